The van der Waals surface area contributed by atoms with Crippen molar-refractivity contribution in [2.24, 2.45) is 0 Å². The van der Waals surface area contributed by atoms with Gasteiger partial charge in [-0.25, -0.2) is 4.39 Å². The standard InChI is InChI=1S/C22H14Cl2FNOS/c23-15-5-1-3-13(9-15)22-20(21(27)14-4-2-8-26-11-14)18(12-28-22)17-7-6-16(24)10-19(17)25/h1-12,21,27H/t21-/m1/s1. The molecule has 0 spiro atoms. The van der Waals surface area contributed by atoms with Crippen LogP contribution >= 0.6 is 34.5 Å². The molecule has 28 heavy (non-hydrogen) atoms. The van der Waals surface area contributed by atoms with E-state index in [9.17, 15) is 9.50 Å². The predicted molar refractivity (Wildman–Crippen MR) is 113 cm³/mol. The molecule has 1 N–H and O–H groups in total. The average molecular weight is 430 g/mol. The summed E-state index contributed by atoms with van der Waals surface area (Å²) in [6, 6.07) is 15.5. The number of aliphatic hydroxyl groups is 1. The van der Waals surface area contributed by atoms with Crippen LogP contribution in [0.5, 0.6) is 0 Å². The second-order valence-electron chi connectivity index (χ2n) is 6.22. The largest absolute Gasteiger partial charge is 0.384 e. The van der Waals surface area contributed by atoms with Crippen LogP contribution in [0, 0.1) is 5.82 Å². The quantitative estimate of drug-likeness (QED) is 0.378. The molecule has 4 aromatic rings. The molecule has 2 heterocycles. The van der Waals surface area contributed by atoms with E-state index >= 15 is 0 Å². The second kappa shape index (κ2) is 8.02. The summed E-state index contributed by atoms with van der Waals surface area (Å²) in [4.78, 5) is 4.92. The van der Waals surface area contributed by atoms with Crippen LogP contribution in [-0.4, -0.2) is 10.1 Å². The van der Waals surface area contributed by atoms with E-state index in [0.29, 0.717) is 32.3 Å². The molecule has 2 nitrogen and oxygen atoms in total. The van der Waals surface area contributed by atoms with Gasteiger partial charge in [0.15, 0.2) is 0 Å². The lowest BCUT2D eigenvalue weighted by Gasteiger charge is -2.16. The molecule has 4 rings (SSSR count). The van der Waals surface area contributed by atoms with Crippen LogP contribution in [-0.2, 0) is 0 Å². The fourth-order valence-electron chi connectivity index (χ4n) is 3.11. The highest BCUT2D eigenvalue weighted by Crippen LogP contribution is 2.44. The summed E-state index contributed by atoms with van der Waals surface area (Å²) < 4.78 is 14.7. The van der Waals surface area contributed by atoms with E-state index in [2.05, 4.69) is 4.98 Å². The molecule has 2 aromatic carbocycles. The van der Waals surface area contributed by atoms with E-state index in [1.54, 1.807) is 42.7 Å². The van der Waals surface area contributed by atoms with E-state index in [1.165, 1.54) is 17.4 Å². The summed E-state index contributed by atoms with van der Waals surface area (Å²) in [6.07, 6.45) is 2.27. The molecule has 2 aromatic heterocycles. The Bertz CT molecular complexity index is 1130. The zero-order chi connectivity index (χ0) is 19.7. The van der Waals surface area contributed by atoms with E-state index in [1.807, 2.05) is 23.6 Å². The molecule has 0 bridgehead atoms. The molecule has 0 radical (unpaired) electrons. The maximum absolute atomic E-state index is 14.7. The van der Waals surface area contributed by atoms with Crippen LogP contribution < -0.4 is 0 Å². The number of hydrogen-bond acceptors (Lipinski definition) is 3. The maximum atomic E-state index is 14.7. The molecule has 0 saturated carbocycles. The van der Waals surface area contributed by atoms with Gasteiger partial charge in [0.1, 0.15) is 11.9 Å². The molecule has 1 atom stereocenters. The predicted octanol–water partition coefficient (Wildman–Crippen LogP) is 7.00. The van der Waals surface area contributed by atoms with Gasteiger partial charge in [-0.1, -0.05) is 41.4 Å². The summed E-state index contributed by atoms with van der Waals surface area (Å²) in [7, 11) is 0. The van der Waals surface area contributed by atoms with Gasteiger partial charge in [0.25, 0.3) is 0 Å². The Labute approximate surface area is 175 Å². The van der Waals surface area contributed by atoms with Crippen LogP contribution in [0.4, 0.5) is 4.39 Å². The van der Waals surface area contributed by atoms with Gasteiger partial charge in [0.05, 0.1) is 0 Å². The summed E-state index contributed by atoms with van der Waals surface area (Å²) >= 11 is 13.5. The lowest BCUT2D eigenvalue weighted by molar-refractivity contribution is 0.221. The molecule has 140 valence electrons. The lowest BCUT2D eigenvalue weighted by atomic mass is 9.93. The highest BCUT2D eigenvalue weighted by atomic mass is 35.5. The third-order valence-corrected chi connectivity index (χ3v) is 5.93. The van der Waals surface area contributed by atoms with Gasteiger partial charge in [0, 0.05) is 49.6 Å². The van der Waals surface area contributed by atoms with Crippen molar-refractivity contribution in [1.29, 1.82) is 0 Å². The van der Waals surface area contributed by atoms with Crippen LogP contribution in [0.15, 0.2) is 72.4 Å². The molecule has 0 aliphatic rings. The normalized spacial score (nSPS) is 12.1. The molecule has 0 amide bonds. The maximum Gasteiger partial charge on any atom is 0.132 e. The minimum absolute atomic E-state index is 0.320. The fourth-order valence-corrected chi connectivity index (χ4v) is 4.56. The van der Waals surface area contributed by atoms with Crippen LogP contribution in [0.2, 0.25) is 10.0 Å². The number of nitrogens with zero attached hydrogens (tertiary/aromatic N) is 1. The summed E-state index contributed by atoms with van der Waals surface area (Å²) in [6.45, 7) is 0. The van der Waals surface area contributed by atoms with Crippen molar-refractivity contribution >= 4 is 34.5 Å². The van der Waals surface area contributed by atoms with Crippen molar-refractivity contribution in [3.8, 4) is 21.6 Å². The minimum Gasteiger partial charge on any atom is -0.384 e. The van der Waals surface area contributed by atoms with Crippen LogP contribution in [0.1, 0.15) is 17.2 Å². The Morgan fingerprint density at radius 3 is 2.50 bits per heavy atom. The smallest absolute Gasteiger partial charge is 0.132 e. The summed E-state index contributed by atoms with van der Waals surface area (Å²) in [5, 5.41) is 13.9. The number of aromatic nitrogens is 1. The Kier molecular flexibility index (Phi) is 5.47. The van der Waals surface area contributed by atoms with Crippen molar-refractivity contribution in [1.82, 2.24) is 4.98 Å². The first-order valence-electron chi connectivity index (χ1n) is 8.45. The molecular formula is C22H14Cl2FNOS. The molecule has 0 aliphatic heterocycles. The summed E-state index contributed by atoms with van der Waals surface area (Å²) in [5.74, 6) is -0.442. The molecular weight excluding hydrogens is 416 g/mol. The van der Waals surface area contributed by atoms with Crippen molar-refractivity contribution in [2.75, 3.05) is 0 Å². The molecule has 0 unspecified atom stereocenters. The van der Waals surface area contributed by atoms with Gasteiger partial charge in [0.2, 0.25) is 0 Å². The van der Waals surface area contributed by atoms with Crippen molar-refractivity contribution in [2.45, 2.75) is 6.10 Å². The number of aliphatic hydroxyl groups excluding tert-OH is 1. The molecule has 0 aliphatic carbocycles. The van der Waals surface area contributed by atoms with E-state index in [0.717, 1.165) is 10.4 Å². The van der Waals surface area contributed by atoms with Gasteiger partial charge >= 0.3 is 0 Å². The third kappa shape index (κ3) is 3.69. The molecule has 6 heteroatoms. The van der Waals surface area contributed by atoms with Gasteiger partial charge < -0.3 is 5.11 Å². The zero-order valence-electron chi connectivity index (χ0n) is 14.4. The van der Waals surface area contributed by atoms with Crippen LogP contribution in [0.25, 0.3) is 21.6 Å². The first-order chi connectivity index (χ1) is 13.5. The van der Waals surface area contributed by atoms with E-state index < -0.39 is 11.9 Å². The summed E-state index contributed by atoms with van der Waals surface area (Å²) in [5.41, 5.74) is 3.09. The average Bonchev–Trinajstić information content (AvgIpc) is 3.13. The fraction of sp³-hybridized carbons (Fsp3) is 0.0455. The van der Waals surface area contributed by atoms with Crippen LogP contribution in [0.3, 0.4) is 0 Å². The number of hydrogen-bond donors (Lipinski definition) is 1. The minimum atomic E-state index is -0.973. The van der Waals surface area contributed by atoms with Gasteiger partial charge in [-0.3, -0.25) is 4.98 Å². The number of thiophene rings is 1. The van der Waals surface area contributed by atoms with Gasteiger partial charge in [-0.2, -0.15) is 0 Å². The number of benzene rings is 2. The SMILES string of the molecule is O[C@H](c1cccnc1)c1c(-c2ccc(Cl)cc2F)csc1-c1cccc(Cl)c1. The van der Waals surface area contributed by atoms with Gasteiger partial charge in [-0.15, -0.1) is 11.3 Å². The Morgan fingerprint density at radius 2 is 1.79 bits per heavy atom. The Morgan fingerprint density at radius 1 is 0.964 bits per heavy atom. The number of pyridine rings is 1. The van der Waals surface area contributed by atoms with Gasteiger partial charge in [-0.05, 0) is 47.3 Å². The third-order valence-electron chi connectivity index (χ3n) is 4.41. The highest BCUT2D eigenvalue weighted by Gasteiger charge is 2.24. The number of halogens is 3. The first kappa shape index (κ1) is 19.1. The van der Waals surface area contributed by atoms with E-state index in [-0.39, 0.29) is 0 Å². The topological polar surface area (TPSA) is 33.1 Å². The second-order valence-corrected chi connectivity index (χ2v) is 7.97. The van der Waals surface area contributed by atoms with E-state index in [4.69, 9.17) is 23.2 Å². The van der Waals surface area contributed by atoms with Crippen molar-refractivity contribution < 1.29 is 9.50 Å². The number of rotatable bonds is 4. The van der Waals surface area contributed by atoms with Crippen molar-refractivity contribution in [3.63, 3.8) is 0 Å². The molecule has 0 fully saturated rings. The Balaban J connectivity index is 1.94. The Hall–Kier alpha value is -2.24. The monoisotopic (exact) mass is 429 g/mol. The zero-order valence-corrected chi connectivity index (χ0v) is 16.8. The highest BCUT2D eigenvalue weighted by molar-refractivity contribution is 7.14. The van der Waals surface area contributed by atoms with Crippen molar-refractivity contribution in [3.05, 3.63) is 99.4 Å². The first-order valence-corrected chi connectivity index (χ1v) is 10.1. The molecule has 0 saturated heterocycles. The lowest BCUT2D eigenvalue weighted by Crippen LogP contribution is -2.02.